The van der Waals surface area contributed by atoms with Gasteiger partial charge in [0.05, 0.1) is 17.8 Å². The first-order valence-corrected chi connectivity index (χ1v) is 5.06. The van der Waals surface area contributed by atoms with E-state index in [1.807, 2.05) is 6.92 Å². The van der Waals surface area contributed by atoms with E-state index in [1.54, 1.807) is 26.2 Å². The Hall–Kier alpha value is -1.55. The largest absolute Gasteiger partial charge is 0.495 e. The SMILES string of the molecule is COc1cc(/C(C)=N\NC=O)c(C)cc1Cl. The van der Waals surface area contributed by atoms with Crippen LogP contribution in [0.5, 0.6) is 5.75 Å². The fourth-order valence-electron chi connectivity index (χ4n) is 1.38. The molecule has 1 aromatic carbocycles. The van der Waals surface area contributed by atoms with Gasteiger partial charge in [-0.25, -0.2) is 5.43 Å². The van der Waals surface area contributed by atoms with Crippen molar-refractivity contribution in [3.05, 3.63) is 28.3 Å². The molecule has 5 heteroatoms. The number of carbonyl (C=O) groups excluding carboxylic acids is 1. The topological polar surface area (TPSA) is 50.7 Å². The van der Waals surface area contributed by atoms with Crippen LogP contribution in [0.1, 0.15) is 18.1 Å². The molecule has 0 aromatic heterocycles. The first-order chi connectivity index (χ1) is 7.60. The number of aryl methyl sites for hydroxylation is 1. The Bertz CT molecular complexity index is 430. The number of nitrogens with one attached hydrogen (secondary N) is 1. The first-order valence-electron chi connectivity index (χ1n) is 4.68. The lowest BCUT2D eigenvalue weighted by molar-refractivity contribution is -0.109. The predicted molar refractivity (Wildman–Crippen MR) is 64.2 cm³/mol. The van der Waals surface area contributed by atoms with Gasteiger partial charge < -0.3 is 4.74 Å². The van der Waals surface area contributed by atoms with Crippen molar-refractivity contribution in [1.29, 1.82) is 0 Å². The average molecular weight is 241 g/mol. The van der Waals surface area contributed by atoms with Crippen LogP contribution in [0.4, 0.5) is 0 Å². The zero-order valence-corrected chi connectivity index (χ0v) is 10.1. The summed E-state index contributed by atoms with van der Waals surface area (Å²) in [5.41, 5.74) is 4.81. The smallest absolute Gasteiger partial charge is 0.227 e. The lowest BCUT2D eigenvalue weighted by Crippen LogP contribution is -2.08. The molecule has 1 aromatic rings. The Kier molecular flexibility index (Phi) is 4.31. The molecule has 0 fully saturated rings. The molecule has 0 spiro atoms. The highest BCUT2D eigenvalue weighted by Crippen LogP contribution is 2.28. The number of hydrogen-bond donors (Lipinski definition) is 1. The molecule has 16 heavy (non-hydrogen) atoms. The fourth-order valence-corrected chi connectivity index (χ4v) is 1.68. The zero-order valence-electron chi connectivity index (χ0n) is 9.37. The number of benzene rings is 1. The number of nitrogens with zero attached hydrogens (tertiary/aromatic N) is 1. The van der Waals surface area contributed by atoms with E-state index in [4.69, 9.17) is 16.3 Å². The van der Waals surface area contributed by atoms with Crippen molar-refractivity contribution < 1.29 is 9.53 Å². The second-order valence-corrected chi connectivity index (χ2v) is 3.65. The highest BCUT2D eigenvalue weighted by Gasteiger charge is 2.08. The normalized spacial score (nSPS) is 11.1. The highest BCUT2D eigenvalue weighted by atomic mass is 35.5. The van der Waals surface area contributed by atoms with Gasteiger partial charge in [0.1, 0.15) is 5.75 Å². The molecule has 1 N–H and O–H groups in total. The molecule has 86 valence electrons. The predicted octanol–water partition coefficient (Wildman–Crippen LogP) is 2.13. The summed E-state index contributed by atoms with van der Waals surface area (Å²) in [7, 11) is 1.55. The molecule has 0 bridgehead atoms. The van der Waals surface area contributed by atoms with Crippen LogP contribution in [0, 0.1) is 6.92 Å². The molecule has 0 heterocycles. The van der Waals surface area contributed by atoms with Gasteiger partial charge in [-0.1, -0.05) is 11.6 Å². The Morgan fingerprint density at radius 3 is 2.81 bits per heavy atom. The second-order valence-electron chi connectivity index (χ2n) is 3.25. The summed E-state index contributed by atoms with van der Waals surface area (Å²) in [5.74, 6) is 0.586. The second kappa shape index (κ2) is 5.51. The van der Waals surface area contributed by atoms with E-state index in [0.717, 1.165) is 11.1 Å². The molecule has 0 unspecified atom stereocenters. The highest BCUT2D eigenvalue weighted by molar-refractivity contribution is 6.32. The minimum atomic E-state index is 0.520. The van der Waals surface area contributed by atoms with E-state index >= 15 is 0 Å². The minimum absolute atomic E-state index is 0.520. The summed E-state index contributed by atoms with van der Waals surface area (Å²) in [4.78, 5) is 10.1. The molecule has 0 atom stereocenters. The minimum Gasteiger partial charge on any atom is -0.495 e. The summed E-state index contributed by atoms with van der Waals surface area (Å²) >= 11 is 5.97. The van der Waals surface area contributed by atoms with E-state index in [0.29, 0.717) is 22.9 Å². The van der Waals surface area contributed by atoms with E-state index in [-0.39, 0.29) is 0 Å². The average Bonchev–Trinajstić information content (AvgIpc) is 2.26. The summed E-state index contributed by atoms with van der Waals surface area (Å²) in [6, 6.07) is 3.60. The monoisotopic (exact) mass is 240 g/mol. The van der Waals surface area contributed by atoms with Gasteiger partial charge in [0.25, 0.3) is 0 Å². The van der Waals surface area contributed by atoms with E-state index < -0.39 is 0 Å². The molecule has 0 aliphatic heterocycles. The molecule has 0 radical (unpaired) electrons. The van der Waals surface area contributed by atoms with Crippen LogP contribution in [-0.4, -0.2) is 19.2 Å². The van der Waals surface area contributed by atoms with Crippen LogP contribution in [0.3, 0.4) is 0 Å². The summed E-state index contributed by atoms with van der Waals surface area (Å²) in [6.07, 6.45) is 0.520. The molecule has 4 nitrogen and oxygen atoms in total. The third-order valence-corrected chi connectivity index (χ3v) is 2.47. The fraction of sp³-hybridized carbons (Fsp3) is 0.273. The number of hydrazone groups is 1. The van der Waals surface area contributed by atoms with Gasteiger partial charge in [0.15, 0.2) is 0 Å². The van der Waals surface area contributed by atoms with Crippen molar-refractivity contribution >= 4 is 23.7 Å². The van der Waals surface area contributed by atoms with Crippen molar-refractivity contribution in [3.63, 3.8) is 0 Å². The van der Waals surface area contributed by atoms with Gasteiger partial charge in [-0.3, -0.25) is 4.79 Å². The number of halogens is 1. The molecular formula is C11H13ClN2O2. The molecule has 1 rings (SSSR count). The van der Waals surface area contributed by atoms with Crippen molar-refractivity contribution in [2.45, 2.75) is 13.8 Å². The zero-order chi connectivity index (χ0) is 12.1. The standard InChI is InChI=1S/C11H13ClN2O2/c1-7-4-10(12)11(16-3)5-9(7)8(2)14-13-6-15/h4-6H,1-3H3,(H,13,15)/b14-8-. The van der Waals surface area contributed by atoms with Crippen molar-refractivity contribution in [1.82, 2.24) is 5.43 Å². The number of carbonyl (C=O) groups is 1. The third-order valence-electron chi connectivity index (χ3n) is 2.17. The number of methoxy groups -OCH3 is 1. The van der Waals surface area contributed by atoms with Crippen molar-refractivity contribution in [2.24, 2.45) is 5.10 Å². The van der Waals surface area contributed by atoms with Gasteiger partial charge >= 0.3 is 0 Å². The van der Waals surface area contributed by atoms with Crippen molar-refractivity contribution in [3.8, 4) is 5.75 Å². The van der Waals surface area contributed by atoms with Crippen LogP contribution in [0.15, 0.2) is 17.2 Å². The number of rotatable bonds is 4. The quantitative estimate of drug-likeness (QED) is 0.498. The van der Waals surface area contributed by atoms with E-state index in [9.17, 15) is 4.79 Å². The Balaban J connectivity index is 3.17. The van der Waals surface area contributed by atoms with Gasteiger partial charge in [0, 0.05) is 5.56 Å². The molecule has 0 aliphatic carbocycles. The summed E-state index contributed by atoms with van der Waals surface area (Å²) < 4.78 is 5.12. The molecule has 0 saturated heterocycles. The van der Waals surface area contributed by atoms with Crippen molar-refractivity contribution in [2.75, 3.05) is 7.11 Å². The summed E-state index contributed by atoms with van der Waals surface area (Å²) in [5, 5.41) is 4.43. The number of hydrogen-bond acceptors (Lipinski definition) is 3. The summed E-state index contributed by atoms with van der Waals surface area (Å²) in [6.45, 7) is 3.72. The lowest BCUT2D eigenvalue weighted by Gasteiger charge is -2.09. The molecule has 0 aliphatic rings. The Morgan fingerprint density at radius 1 is 1.56 bits per heavy atom. The maximum Gasteiger partial charge on any atom is 0.227 e. The van der Waals surface area contributed by atoms with Gasteiger partial charge in [0.2, 0.25) is 6.41 Å². The maximum atomic E-state index is 10.1. The van der Waals surface area contributed by atoms with Crippen LogP contribution < -0.4 is 10.2 Å². The third kappa shape index (κ3) is 2.73. The number of amides is 1. The maximum absolute atomic E-state index is 10.1. The first kappa shape index (κ1) is 12.5. The van der Waals surface area contributed by atoms with Gasteiger partial charge in [-0.05, 0) is 31.5 Å². The van der Waals surface area contributed by atoms with Gasteiger partial charge in [-0.2, -0.15) is 5.10 Å². The number of ether oxygens (including phenoxy) is 1. The van der Waals surface area contributed by atoms with E-state index in [2.05, 4.69) is 10.5 Å². The van der Waals surface area contributed by atoms with Crippen LogP contribution in [0.25, 0.3) is 0 Å². The molecular weight excluding hydrogens is 228 g/mol. The van der Waals surface area contributed by atoms with Crippen LogP contribution in [-0.2, 0) is 4.79 Å². The van der Waals surface area contributed by atoms with Crippen LogP contribution in [0.2, 0.25) is 5.02 Å². The molecule has 1 amide bonds. The Labute approximate surface area is 99.2 Å². The molecule has 0 saturated carbocycles. The lowest BCUT2D eigenvalue weighted by atomic mass is 10.0. The van der Waals surface area contributed by atoms with E-state index in [1.165, 1.54) is 0 Å². The van der Waals surface area contributed by atoms with Gasteiger partial charge in [-0.15, -0.1) is 0 Å². The Morgan fingerprint density at radius 2 is 2.25 bits per heavy atom. The van der Waals surface area contributed by atoms with Crippen LogP contribution >= 0.6 is 11.6 Å².